The van der Waals surface area contributed by atoms with Crippen molar-refractivity contribution in [3.8, 4) is 0 Å². The monoisotopic (exact) mass is 224 g/mol. The summed E-state index contributed by atoms with van der Waals surface area (Å²) in [5.74, 6) is 0.275. The van der Waals surface area contributed by atoms with E-state index in [1.54, 1.807) is 19.1 Å². The van der Waals surface area contributed by atoms with Gasteiger partial charge in [0.25, 0.3) is 0 Å². The zero-order valence-corrected chi connectivity index (χ0v) is 9.11. The van der Waals surface area contributed by atoms with Crippen LogP contribution >= 0.6 is 11.3 Å². The second-order valence-electron chi connectivity index (χ2n) is 2.71. The molecule has 3 N–H and O–H groups in total. The predicted octanol–water partition coefficient (Wildman–Crippen LogP) is 0.996. The molecule has 0 radical (unpaired) electrons. The van der Waals surface area contributed by atoms with Crippen LogP contribution in [0.25, 0.3) is 0 Å². The highest BCUT2D eigenvalue weighted by Crippen LogP contribution is 2.16. The van der Waals surface area contributed by atoms with Gasteiger partial charge in [0.1, 0.15) is 11.1 Å². The number of aliphatic hydroxyl groups excluding tert-OH is 1. The maximum atomic E-state index is 9.23. The van der Waals surface area contributed by atoms with Crippen LogP contribution in [-0.2, 0) is 0 Å². The molecule has 5 nitrogen and oxygen atoms in total. The number of nitrogens with zero attached hydrogens (tertiary/aromatic N) is 3. The third-order valence-corrected chi connectivity index (χ3v) is 2.57. The third-order valence-electron chi connectivity index (χ3n) is 1.45. The molecule has 0 saturated heterocycles. The molecule has 0 spiro atoms. The lowest BCUT2D eigenvalue weighted by atomic mass is 10.4. The minimum atomic E-state index is -0.632. The van der Waals surface area contributed by atoms with Crippen LogP contribution in [0.1, 0.15) is 23.0 Å². The van der Waals surface area contributed by atoms with Crippen molar-refractivity contribution in [2.24, 2.45) is 10.7 Å². The first-order valence-corrected chi connectivity index (χ1v) is 5.09. The van der Waals surface area contributed by atoms with Crippen molar-refractivity contribution in [1.29, 1.82) is 0 Å². The molecule has 0 amide bonds. The van der Waals surface area contributed by atoms with Gasteiger partial charge in [-0.2, -0.15) is 0 Å². The van der Waals surface area contributed by atoms with E-state index in [-0.39, 0.29) is 5.84 Å². The zero-order chi connectivity index (χ0) is 11.3. The molecule has 6 heteroatoms. The van der Waals surface area contributed by atoms with Crippen LogP contribution in [0, 0.1) is 0 Å². The molecular formula is C9H12N4OS. The van der Waals surface area contributed by atoms with Crippen LogP contribution < -0.4 is 5.73 Å². The van der Waals surface area contributed by atoms with Crippen molar-refractivity contribution in [3.63, 3.8) is 0 Å². The molecule has 0 fully saturated rings. The Morgan fingerprint density at radius 2 is 2.40 bits per heavy atom. The molecule has 1 aromatic rings. The van der Waals surface area contributed by atoms with Gasteiger partial charge < -0.3 is 10.8 Å². The van der Waals surface area contributed by atoms with E-state index in [4.69, 9.17) is 5.73 Å². The van der Waals surface area contributed by atoms with E-state index in [2.05, 4.69) is 21.8 Å². The van der Waals surface area contributed by atoms with Crippen molar-refractivity contribution in [1.82, 2.24) is 10.2 Å². The van der Waals surface area contributed by atoms with E-state index in [1.165, 1.54) is 17.5 Å². The number of aliphatic hydroxyl groups is 1. The molecule has 0 saturated carbocycles. The zero-order valence-electron chi connectivity index (χ0n) is 8.29. The van der Waals surface area contributed by atoms with Gasteiger partial charge in [-0.15, -0.1) is 10.2 Å². The molecule has 0 aliphatic rings. The van der Waals surface area contributed by atoms with Crippen molar-refractivity contribution in [3.05, 3.63) is 34.9 Å². The van der Waals surface area contributed by atoms with E-state index >= 15 is 0 Å². The highest BCUT2D eigenvalue weighted by Gasteiger charge is 2.10. The van der Waals surface area contributed by atoms with Gasteiger partial charge in [-0.05, 0) is 13.0 Å². The SMILES string of the molecule is C=C/C=C\N=C(N)c1nnc([C@@H](C)O)s1. The lowest BCUT2D eigenvalue weighted by molar-refractivity contribution is 0.198. The summed E-state index contributed by atoms with van der Waals surface area (Å²) in [5, 5.41) is 17.8. The first kappa shape index (κ1) is 11.5. The molecule has 1 rings (SSSR count). The topological polar surface area (TPSA) is 84.4 Å². The maximum absolute atomic E-state index is 9.23. The summed E-state index contributed by atoms with van der Waals surface area (Å²) in [6, 6.07) is 0. The first-order chi connectivity index (χ1) is 7.15. The van der Waals surface area contributed by atoms with Crippen molar-refractivity contribution >= 4 is 17.2 Å². The van der Waals surface area contributed by atoms with Crippen LogP contribution in [-0.4, -0.2) is 21.1 Å². The Labute approximate surface area is 91.7 Å². The van der Waals surface area contributed by atoms with Crippen LogP contribution in [0.15, 0.2) is 29.9 Å². The van der Waals surface area contributed by atoms with E-state index in [0.717, 1.165) is 0 Å². The smallest absolute Gasteiger partial charge is 0.182 e. The van der Waals surface area contributed by atoms with Crippen LogP contribution in [0.5, 0.6) is 0 Å². The second kappa shape index (κ2) is 5.38. The summed E-state index contributed by atoms with van der Waals surface area (Å²) >= 11 is 1.22. The molecule has 15 heavy (non-hydrogen) atoms. The Morgan fingerprint density at radius 3 is 2.93 bits per heavy atom. The highest BCUT2D eigenvalue weighted by molar-refractivity contribution is 7.13. The Bertz CT molecular complexity index is 395. The number of hydrogen-bond donors (Lipinski definition) is 2. The number of nitrogens with two attached hydrogens (primary N) is 1. The fourth-order valence-electron chi connectivity index (χ4n) is 0.746. The fraction of sp³-hybridized carbons (Fsp3) is 0.222. The maximum Gasteiger partial charge on any atom is 0.182 e. The van der Waals surface area contributed by atoms with Crippen LogP contribution in [0.4, 0.5) is 0 Å². The van der Waals surface area contributed by atoms with Gasteiger partial charge in [0.05, 0.1) is 0 Å². The summed E-state index contributed by atoms with van der Waals surface area (Å²) in [6.45, 7) is 5.12. The average Bonchev–Trinajstić information content (AvgIpc) is 2.66. The molecule has 0 aliphatic carbocycles. The van der Waals surface area contributed by atoms with E-state index < -0.39 is 6.10 Å². The summed E-state index contributed by atoms with van der Waals surface area (Å²) < 4.78 is 0. The molecule has 80 valence electrons. The average molecular weight is 224 g/mol. The number of aliphatic imine (C=N–C) groups is 1. The lowest BCUT2D eigenvalue weighted by Crippen LogP contribution is -2.12. The Morgan fingerprint density at radius 1 is 1.67 bits per heavy atom. The van der Waals surface area contributed by atoms with Gasteiger partial charge in [-0.25, -0.2) is 4.99 Å². The predicted molar refractivity (Wildman–Crippen MR) is 60.6 cm³/mol. The van der Waals surface area contributed by atoms with Gasteiger partial charge in [-0.1, -0.05) is 24.0 Å². The Hall–Kier alpha value is -1.53. The number of amidine groups is 1. The normalized spacial score (nSPS) is 14.4. The summed E-state index contributed by atoms with van der Waals surface area (Å²) in [4.78, 5) is 3.93. The number of hydrogen-bond acceptors (Lipinski definition) is 5. The van der Waals surface area contributed by atoms with Crippen molar-refractivity contribution < 1.29 is 5.11 Å². The highest BCUT2D eigenvalue weighted by atomic mass is 32.1. The van der Waals surface area contributed by atoms with Gasteiger partial charge in [0.15, 0.2) is 10.8 Å². The summed E-state index contributed by atoms with van der Waals surface area (Å²) in [6.07, 6.45) is 4.14. The van der Waals surface area contributed by atoms with Crippen molar-refractivity contribution in [2.45, 2.75) is 13.0 Å². The molecular weight excluding hydrogens is 212 g/mol. The van der Waals surface area contributed by atoms with Crippen LogP contribution in [0.2, 0.25) is 0 Å². The molecule has 1 aromatic heterocycles. The molecule has 1 heterocycles. The number of allylic oxidation sites excluding steroid dienone is 2. The molecule has 1 atom stereocenters. The number of aromatic nitrogens is 2. The van der Waals surface area contributed by atoms with Gasteiger partial charge in [0.2, 0.25) is 0 Å². The van der Waals surface area contributed by atoms with E-state index in [1.807, 2.05) is 0 Å². The van der Waals surface area contributed by atoms with E-state index in [0.29, 0.717) is 10.0 Å². The quantitative estimate of drug-likeness (QED) is 0.454. The Balaban J connectivity index is 2.82. The third kappa shape index (κ3) is 3.26. The number of rotatable bonds is 4. The molecule has 0 aromatic carbocycles. The minimum Gasteiger partial charge on any atom is -0.386 e. The molecule has 0 unspecified atom stereocenters. The molecule has 0 bridgehead atoms. The lowest BCUT2D eigenvalue weighted by Gasteiger charge is -1.93. The Kier molecular flexibility index (Phi) is 4.14. The fourth-order valence-corrected chi connectivity index (χ4v) is 1.44. The van der Waals surface area contributed by atoms with Gasteiger partial charge in [-0.3, -0.25) is 0 Å². The first-order valence-electron chi connectivity index (χ1n) is 4.28. The largest absolute Gasteiger partial charge is 0.386 e. The van der Waals surface area contributed by atoms with Crippen molar-refractivity contribution in [2.75, 3.05) is 0 Å². The minimum absolute atomic E-state index is 0.275. The summed E-state index contributed by atoms with van der Waals surface area (Å²) in [7, 11) is 0. The second-order valence-corrected chi connectivity index (χ2v) is 3.72. The van der Waals surface area contributed by atoms with E-state index in [9.17, 15) is 5.11 Å². The summed E-state index contributed by atoms with van der Waals surface area (Å²) in [5.41, 5.74) is 5.64. The van der Waals surface area contributed by atoms with Gasteiger partial charge >= 0.3 is 0 Å². The standard InChI is InChI=1S/C9H12N4OS/c1-3-4-5-11-7(10)9-13-12-8(15-9)6(2)14/h3-6,14H,1H2,2H3,(H2,10,11)/b5-4-/t6-/m1/s1. The van der Waals surface area contributed by atoms with Crippen LogP contribution in [0.3, 0.4) is 0 Å². The van der Waals surface area contributed by atoms with Gasteiger partial charge in [0, 0.05) is 6.20 Å². The molecule has 0 aliphatic heterocycles.